The molecular formula is C30H38N4O3. The van der Waals surface area contributed by atoms with Crippen LogP contribution in [0, 0.1) is 5.41 Å². The number of aromatic nitrogens is 1. The molecule has 1 aliphatic carbocycles. The topological polar surface area (TPSA) is 69.1 Å². The lowest BCUT2D eigenvalue weighted by Crippen LogP contribution is -2.59. The first kappa shape index (κ1) is 23.8. The van der Waals surface area contributed by atoms with Crippen molar-refractivity contribution in [2.75, 3.05) is 37.7 Å². The molecule has 2 aromatic rings. The number of aliphatic hydroxyl groups excluding tert-OH is 1. The number of β-amino-alcohol motifs (C(OH)–C–C–N with tert-alkyl or cyclic N) is 1. The first-order valence-corrected chi connectivity index (χ1v) is 14.0. The standard InChI is InChI=1S/C30H38N4O3/c1-29(2)19-32(16-27(29)35)20-13-21(14-20)34-25-9-4-3-7-23(25)30(28(34)36)10-12-33(22-17-37-18-22)26(15-30)24-8-5-6-11-31-24/h3-9,11,20-22,26-27,35H,10,12-19H2,1-2H3. The maximum absolute atomic E-state index is 14.5. The number of ether oxygens (including phenoxy) is 1. The van der Waals surface area contributed by atoms with E-state index in [-0.39, 0.29) is 29.5 Å². The van der Waals surface area contributed by atoms with Crippen LogP contribution in [0.4, 0.5) is 5.69 Å². The Morgan fingerprint density at radius 2 is 1.81 bits per heavy atom. The molecule has 0 radical (unpaired) electrons. The molecule has 4 fully saturated rings. The normalized spacial score (nSPS) is 36.0. The third-order valence-electron chi connectivity index (χ3n) is 10.1. The van der Waals surface area contributed by atoms with Gasteiger partial charge in [-0.25, -0.2) is 0 Å². The Bertz CT molecular complexity index is 1180. The number of piperidine rings is 1. The van der Waals surface area contributed by atoms with Gasteiger partial charge in [-0.05, 0) is 49.4 Å². The number of rotatable bonds is 4. The van der Waals surface area contributed by atoms with Gasteiger partial charge < -0.3 is 14.7 Å². The summed E-state index contributed by atoms with van der Waals surface area (Å²) in [6.45, 7) is 8.36. The average molecular weight is 503 g/mol. The average Bonchev–Trinajstić information content (AvgIpc) is 3.24. The summed E-state index contributed by atoms with van der Waals surface area (Å²) < 4.78 is 5.55. The molecule has 3 saturated heterocycles. The molecular weight excluding hydrogens is 464 g/mol. The van der Waals surface area contributed by atoms with Crippen molar-refractivity contribution in [3.63, 3.8) is 0 Å². The van der Waals surface area contributed by atoms with E-state index in [2.05, 4.69) is 64.9 Å². The molecule has 37 heavy (non-hydrogen) atoms. The van der Waals surface area contributed by atoms with Crippen LogP contribution < -0.4 is 4.90 Å². The Morgan fingerprint density at radius 1 is 1.03 bits per heavy atom. The van der Waals surface area contributed by atoms with Gasteiger partial charge in [-0.15, -0.1) is 0 Å². The zero-order valence-electron chi connectivity index (χ0n) is 21.9. The van der Waals surface area contributed by atoms with Crippen molar-refractivity contribution in [1.29, 1.82) is 0 Å². The summed E-state index contributed by atoms with van der Waals surface area (Å²) in [5.74, 6) is 0.282. The second kappa shape index (κ2) is 8.60. The molecule has 196 valence electrons. The van der Waals surface area contributed by atoms with Gasteiger partial charge in [0.15, 0.2) is 0 Å². The number of benzene rings is 1. The number of anilines is 1. The van der Waals surface area contributed by atoms with Crippen LogP contribution in [0.3, 0.4) is 0 Å². The number of amides is 1. The van der Waals surface area contributed by atoms with Crippen LogP contribution in [-0.4, -0.2) is 82.9 Å². The minimum Gasteiger partial charge on any atom is -0.391 e. The van der Waals surface area contributed by atoms with Gasteiger partial charge in [0, 0.05) is 49.0 Å². The molecule has 0 bridgehead atoms. The predicted molar refractivity (Wildman–Crippen MR) is 141 cm³/mol. The maximum atomic E-state index is 14.5. The van der Waals surface area contributed by atoms with Crippen LogP contribution in [0.2, 0.25) is 0 Å². The molecule has 1 aromatic carbocycles. The highest BCUT2D eigenvalue weighted by Crippen LogP contribution is 2.54. The van der Waals surface area contributed by atoms with Crippen molar-refractivity contribution in [3.05, 3.63) is 59.9 Å². The maximum Gasteiger partial charge on any atom is 0.238 e. The second-order valence-corrected chi connectivity index (χ2v) is 12.6. The van der Waals surface area contributed by atoms with Crippen LogP contribution in [0.1, 0.15) is 56.8 Å². The van der Waals surface area contributed by atoms with Gasteiger partial charge in [-0.2, -0.15) is 0 Å². The number of nitrogens with zero attached hydrogens (tertiary/aromatic N) is 4. The molecule has 7 heteroatoms. The van der Waals surface area contributed by atoms with E-state index >= 15 is 0 Å². The Morgan fingerprint density at radius 3 is 2.49 bits per heavy atom. The molecule has 3 unspecified atom stereocenters. The van der Waals surface area contributed by atoms with E-state index in [4.69, 9.17) is 9.72 Å². The van der Waals surface area contributed by atoms with Crippen LogP contribution in [0.15, 0.2) is 48.7 Å². The Balaban J connectivity index is 1.17. The van der Waals surface area contributed by atoms with Crippen molar-refractivity contribution in [1.82, 2.24) is 14.8 Å². The number of likely N-dealkylation sites (tertiary alicyclic amines) is 2. The van der Waals surface area contributed by atoms with Gasteiger partial charge in [-0.3, -0.25) is 19.6 Å². The third-order valence-corrected chi connectivity index (χ3v) is 10.1. The van der Waals surface area contributed by atoms with E-state index in [1.807, 2.05) is 12.3 Å². The number of fused-ring (bicyclic) bond motifs is 2. The molecule has 4 aliphatic heterocycles. The fourth-order valence-electron chi connectivity index (χ4n) is 7.58. The highest BCUT2D eigenvalue weighted by Gasteiger charge is 2.58. The van der Waals surface area contributed by atoms with Crippen LogP contribution in [-0.2, 0) is 14.9 Å². The van der Waals surface area contributed by atoms with Crippen LogP contribution in [0.5, 0.6) is 0 Å². The van der Waals surface area contributed by atoms with Gasteiger partial charge in [0.1, 0.15) is 0 Å². The lowest BCUT2D eigenvalue weighted by Gasteiger charge is -2.50. The van der Waals surface area contributed by atoms with Crippen LogP contribution >= 0.6 is 0 Å². The summed E-state index contributed by atoms with van der Waals surface area (Å²) in [5, 5.41) is 10.5. The van der Waals surface area contributed by atoms with Gasteiger partial charge in [0.25, 0.3) is 0 Å². The molecule has 5 heterocycles. The molecule has 1 aromatic heterocycles. The zero-order chi connectivity index (χ0) is 25.4. The summed E-state index contributed by atoms with van der Waals surface area (Å²) in [7, 11) is 0. The van der Waals surface area contributed by atoms with Crippen molar-refractivity contribution in [3.8, 4) is 0 Å². The van der Waals surface area contributed by atoms with Crippen LogP contribution in [0.25, 0.3) is 0 Å². The number of para-hydroxylation sites is 1. The number of carbonyl (C=O) groups excluding carboxylic acids is 1. The van der Waals surface area contributed by atoms with E-state index in [1.54, 1.807) is 0 Å². The van der Waals surface area contributed by atoms with E-state index in [1.165, 1.54) is 5.56 Å². The summed E-state index contributed by atoms with van der Waals surface area (Å²) in [5.41, 5.74) is 2.79. The van der Waals surface area contributed by atoms with Crippen molar-refractivity contribution < 1.29 is 14.6 Å². The molecule has 3 atom stereocenters. The zero-order valence-corrected chi connectivity index (χ0v) is 21.9. The molecule has 5 aliphatic rings. The number of hydrogen-bond donors (Lipinski definition) is 1. The van der Waals surface area contributed by atoms with E-state index in [0.717, 1.165) is 69.9 Å². The number of hydrogen-bond acceptors (Lipinski definition) is 6. The first-order chi connectivity index (χ1) is 17.9. The largest absolute Gasteiger partial charge is 0.391 e. The van der Waals surface area contributed by atoms with Gasteiger partial charge in [0.2, 0.25) is 5.91 Å². The summed E-state index contributed by atoms with van der Waals surface area (Å²) in [6, 6.07) is 15.8. The molecule has 1 saturated carbocycles. The third kappa shape index (κ3) is 3.62. The van der Waals surface area contributed by atoms with Crippen molar-refractivity contribution >= 4 is 11.6 Å². The number of pyridine rings is 1. The fraction of sp³-hybridized carbons (Fsp3) is 0.600. The smallest absolute Gasteiger partial charge is 0.238 e. The predicted octanol–water partition coefficient (Wildman–Crippen LogP) is 3.14. The summed E-state index contributed by atoms with van der Waals surface area (Å²) >= 11 is 0. The summed E-state index contributed by atoms with van der Waals surface area (Å²) in [4.78, 5) is 26.4. The molecule has 1 spiro atoms. The van der Waals surface area contributed by atoms with E-state index in [9.17, 15) is 9.90 Å². The Kier molecular flexibility index (Phi) is 5.52. The lowest BCUT2D eigenvalue weighted by atomic mass is 9.70. The molecule has 7 nitrogen and oxygen atoms in total. The first-order valence-electron chi connectivity index (χ1n) is 14.0. The molecule has 1 amide bonds. The highest BCUT2D eigenvalue weighted by atomic mass is 16.5. The Hall–Kier alpha value is -2.32. The number of carbonyl (C=O) groups is 1. The molecule has 1 N–H and O–H groups in total. The van der Waals surface area contributed by atoms with Gasteiger partial charge >= 0.3 is 0 Å². The minimum atomic E-state index is -0.503. The van der Waals surface area contributed by atoms with Crippen molar-refractivity contribution in [2.24, 2.45) is 5.41 Å². The number of aliphatic hydroxyl groups is 1. The quantitative estimate of drug-likeness (QED) is 0.693. The second-order valence-electron chi connectivity index (χ2n) is 12.6. The van der Waals surface area contributed by atoms with Gasteiger partial charge in [-0.1, -0.05) is 38.1 Å². The van der Waals surface area contributed by atoms with Crippen molar-refractivity contribution in [2.45, 2.75) is 75.2 Å². The van der Waals surface area contributed by atoms with E-state index in [0.29, 0.717) is 12.1 Å². The lowest BCUT2D eigenvalue weighted by molar-refractivity contribution is -0.131. The van der Waals surface area contributed by atoms with Gasteiger partial charge in [0.05, 0.1) is 42.5 Å². The van der Waals surface area contributed by atoms with E-state index < -0.39 is 5.41 Å². The highest BCUT2D eigenvalue weighted by molar-refractivity contribution is 6.08. The summed E-state index contributed by atoms with van der Waals surface area (Å²) in [6.07, 6.45) is 5.15. The SMILES string of the molecule is CC1(C)CN(C2CC(N3C(=O)C4(CCN(C5COC5)C(c5ccccn5)C4)c4ccccc43)C2)CC1O. The minimum absolute atomic E-state index is 0.0643. The Labute approximate surface area is 219 Å². The fourth-order valence-corrected chi connectivity index (χ4v) is 7.58. The molecule has 7 rings (SSSR count). The monoisotopic (exact) mass is 502 g/mol.